The molecule has 98 valence electrons. The van der Waals surface area contributed by atoms with Gasteiger partial charge in [0.1, 0.15) is 0 Å². The highest BCUT2D eigenvalue weighted by Gasteiger charge is 1.97. The lowest BCUT2D eigenvalue weighted by Gasteiger charge is -2.05. The minimum atomic E-state index is 0.862. The minimum absolute atomic E-state index is 0.862. The highest BCUT2D eigenvalue weighted by atomic mass is 32.1. The number of nitrogens with one attached hydrogen (secondary N) is 1. The van der Waals surface area contributed by atoms with E-state index >= 15 is 0 Å². The van der Waals surface area contributed by atoms with Crippen molar-refractivity contribution >= 4 is 11.3 Å². The zero-order valence-corrected chi connectivity index (χ0v) is 12.3. The number of aromatic nitrogens is 1. The normalized spacial score (nSPS) is 11.3. The summed E-state index contributed by atoms with van der Waals surface area (Å²) < 4.78 is 0. The van der Waals surface area contributed by atoms with Gasteiger partial charge in [0.15, 0.2) is 0 Å². The molecule has 1 N–H and O–H groups in total. The van der Waals surface area contributed by atoms with Crippen LogP contribution in [0, 0.1) is 12.8 Å². The van der Waals surface area contributed by atoms with Crippen LogP contribution < -0.4 is 5.32 Å². The minimum Gasteiger partial charge on any atom is -0.311 e. The molecule has 1 aromatic heterocycles. The maximum absolute atomic E-state index is 4.43. The Morgan fingerprint density at radius 1 is 1.24 bits per heavy atom. The van der Waals surface area contributed by atoms with Crippen molar-refractivity contribution in [2.24, 2.45) is 5.92 Å². The molecule has 0 radical (unpaired) electrons. The molecule has 0 spiro atoms. The fourth-order valence-electron chi connectivity index (χ4n) is 1.86. The topological polar surface area (TPSA) is 24.9 Å². The third-order valence-electron chi connectivity index (χ3n) is 2.86. The molecule has 0 unspecified atom stereocenters. The molecule has 1 heterocycles. The molecule has 0 atom stereocenters. The van der Waals surface area contributed by atoms with Gasteiger partial charge in [-0.25, -0.2) is 4.98 Å². The summed E-state index contributed by atoms with van der Waals surface area (Å²) in [5, 5.41) is 6.77. The van der Waals surface area contributed by atoms with Crippen LogP contribution in [0.25, 0.3) is 0 Å². The molecule has 0 aliphatic rings. The van der Waals surface area contributed by atoms with Gasteiger partial charge >= 0.3 is 0 Å². The quantitative estimate of drug-likeness (QED) is 0.670. The van der Waals surface area contributed by atoms with Gasteiger partial charge in [-0.2, -0.15) is 0 Å². The number of thiazole rings is 1. The second-order valence-corrected chi connectivity index (χ2v) is 6.19. The van der Waals surface area contributed by atoms with Crippen LogP contribution >= 0.6 is 11.3 Å². The number of unbranched alkanes of at least 4 members (excludes halogenated alkanes) is 3. The zero-order chi connectivity index (χ0) is 12.5. The van der Waals surface area contributed by atoms with Gasteiger partial charge in [-0.15, -0.1) is 11.3 Å². The fraction of sp³-hybridized carbons (Fsp3) is 0.786. The average Bonchev–Trinajstić information content (AvgIpc) is 2.68. The van der Waals surface area contributed by atoms with Crippen LogP contribution in [-0.2, 0) is 6.54 Å². The SMILES string of the molecule is Cc1nc(CNCCCCCCC(C)C)cs1. The summed E-state index contributed by atoms with van der Waals surface area (Å²) in [5.74, 6) is 0.862. The summed E-state index contributed by atoms with van der Waals surface area (Å²) in [6.07, 6.45) is 6.81. The molecule has 1 aromatic rings. The van der Waals surface area contributed by atoms with Gasteiger partial charge in [-0.05, 0) is 25.8 Å². The van der Waals surface area contributed by atoms with E-state index in [1.54, 1.807) is 11.3 Å². The molecule has 0 aliphatic heterocycles. The summed E-state index contributed by atoms with van der Waals surface area (Å²) in [7, 11) is 0. The van der Waals surface area contributed by atoms with Crippen molar-refractivity contribution in [2.45, 2.75) is 59.4 Å². The lowest BCUT2D eigenvalue weighted by molar-refractivity contribution is 0.511. The van der Waals surface area contributed by atoms with E-state index in [0.29, 0.717) is 0 Å². The number of nitrogens with zero attached hydrogens (tertiary/aromatic N) is 1. The van der Waals surface area contributed by atoms with Gasteiger partial charge in [-0.1, -0.05) is 39.5 Å². The summed E-state index contributed by atoms with van der Waals surface area (Å²) in [6.45, 7) is 8.71. The van der Waals surface area contributed by atoms with Gasteiger partial charge < -0.3 is 5.32 Å². The standard InChI is InChI=1S/C14H26N2S/c1-12(2)8-6-4-5-7-9-15-10-14-11-17-13(3)16-14/h11-12,15H,4-10H2,1-3H3. The molecule has 17 heavy (non-hydrogen) atoms. The van der Waals surface area contributed by atoms with E-state index in [-0.39, 0.29) is 0 Å². The fourth-order valence-corrected chi connectivity index (χ4v) is 2.47. The summed E-state index contributed by atoms with van der Waals surface area (Å²) in [6, 6.07) is 0. The lowest BCUT2D eigenvalue weighted by atomic mass is 10.0. The van der Waals surface area contributed by atoms with Gasteiger partial charge in [-0.3, -0.25) is 0 Å². The number of hydrogen-bond acceptors (Lipinski definition) is 3. The largest absolute Gasteiger partial charge is 0.311 e. The van der Waals surface area contributed by atoms with E-state index in [9.17, 15) is 0 Å². The van der Waals surface area contributed by atoms with Crippen molar-refractivity contribution in [1.82, 2.24) is 10.3 Å². The van der Waals surface area contributed by atoms with E-state index in [2.05, 4.69) is 36.5 Å². The Kier molecular flexibility index (Phi) is 7.45. The van der Waals surface area contributed by atoms with Crippen LogP contribution in [0.5, 0.6) is 0 Å². The first kappa shape index (κ1) is 14.7. The van der Waals surface area contributed by atoms with Crippen molar-refractivity contribution in [3.63, 3.8) is 0 Å². The molecule has 0 amide bonds. The lowest BCUT2D eigenvalue weighted by Crippen LogP contribution is -2.14. The van der Waals surface area contributed by atoms with Gasteiger partial charge in [0.25, 0.3) is 0 Å². The smallest absolute Gasteiger partial charge is 0.0897 e. The molecule has 3 heteroatoms. The second kappa shape index (κ2) is 8.65. The van der Waals surface area contributed by atoms with E-state index < -0.39 is 0 Å². The first-order chi connectivity index (χ1) is 8.18. The summed E-state index contributed by atoms with van der Waals surface area (Å²) in [5.41, 5.74) is 1.19. The van der Waals surface area contributed by atoms with Crippen LogP contribution in [0.1, 0.15) is 56.7 Å². The van der Waals surface area contributed by atoms with Crippen molar-refractivity contribution in [2.75, 3.05) is 6.54 Å². The van der Waals surface area contributed by atoms with Crippen molar-refractivity contribution < 1.29 is 0 Å². The van der Waals surface area contributed by atoms with Crippen LogP contribution in [0.4, 0.5) is 0 Å². The Labute approximate surface area is 110 Å². The number of hydrogen-bond donors (Lipinski definition) is 1. The van der Waals surface area contributed by atoms with E-state index in [0.717, 1.165) is 24.0 Å². The highest BCUT2D eigenvalue weighted by molar-refractivity contribution is 7.09. The molecule has 0 aromatic carbocycles. The Morgan fingerprint density at radius 3 is 2.65 bits per heavy atom. The van der Waals surface area contributed by atoms with Gasteiger partial charge in [0, 0.05) is 11.9 Å². The van der Waals surface area contributed by atoms with Crippen molar-refractivity contribution in [3.8, 4) is 0 Å². The Bertz CT molecular complexity index is 294. The predicted molar refractivity (Wildman–Crippen MR) is 76.5 cm³/mol. The molecule has 0 fully saturated rings. The van der Waals surface area contributed by atoms with E-state index in [1.807, 2.05) is 0 Å². The van der Waals surface area contributed by atoms with Crippen molar-refractivity contribution in [3.05, 3.63) is 16.1 Å². The predicted octanol–water partition coefficient (Wildman–Crippen LogP) is 4.15. The highest BCUT2D eigenvalue weighted by Crippen LogP contribution is 2.09. The molecular formula is C14H26N2S. The molecule has 0 aliphatic carbocycles. The van der Waals surface area contributed by atoms with Crippen LogP contribution in [0.15, 0.2) is 5.38 Å². The molecule has 0 bridgehead atoms. The Morgan fingerprint density at radius 2 is 2.00 bits per heavy atom. The monoisotopic (exact) mass is 254 g/mol. The molecule has 1 rings (SSSR count). The zero-order valence-electron chi connectivity index (χ0n) is 11.5. The second-order valence-electron chi connectivity index (χ2n) is 5.13. The Hall–Kier alpha value is -0.410. The van der Waals surface area contributed by atoms with Crippen LogP contribution in [0.3, 0.4) is 0 Å². The number of aryl methyl sites for hydroxylation is 1. The van der Waals surface area contributed by atoms with Crippen LogP contribution in [0.2, 0.25) is 0 Å². The van der Waals surface area contributed by atoms with E-state index in [1.165, 1.54) is 37.8 Å². The van der Waals surface area contributed by atoms with Gasteiger partial charge in [0.05, 0.1) is 10.7 Å². The molecule has 0 saturated carbocycles. The molecular weight excluding hydrogens is 228 g/mol. The molecule has 0 saturated heterocycles. The molecule has 2 nitrogen and oxygen atoms in total. The van der Waals surface area contributed by atoms with Crippen LogP contribution in [-0.4, -0.2) is 11.5 Å². The first-order valence-electron chi connectivity index (χ1n) is 6.80. The summed E-state index contributed by atoms with van der Waals surface area (Å²) >= 11 is 1.73. The van der Waals surface area contributed by atoms with Crippen molar-refractivity contribution in [1.29, 1.82) is 0 Å². The maximum atomic E-state index is 4.43. The third-order valence-corrected chi connectivity index (χ3v) is 3.68. The Balaban J connectivity index is 1.88. The first-order valence-corrected chi connectivity index (χ1v) is 7.68. The number of rotatable bonds is 9. The average molecular weight is 254 g/mol. The maximum Gasteiger partial charge on any atom is 0.0897 e. The van der Waals surface area contributed by atoms with Gasteiger partial charge in [0.2, 0.25) is 0 Å². The van der Waals surface area contributed by atoms with E-state index in [4.69, 9.17) is 0 Å². The summed E-state index contributed by atoms with van der Waals surface area (Å²) in [4.78, 5) is 4.43. The third kappa shape index (κ3) is 7.50.